The summed E-state index contributed by atoms with van der Waals surface area (Å²) in [4.78, 5) is 38.4. The van der Waals surface area contributed by atoms with Gasteiger partial charge in [-0.2, -0.15) is 5.10 Å². The van der Waals surface area contributed by atoms with Crippen molar-refractivity contribution in [3.8, 4) is 0 Å². The summed E-state index contributed by atoms with van der Waals surface area (Å²) in [6.07, 6.45) is 3.76. The maximum Gasteiger partial charge on any atom is 0.337 e. The first kappa shape index (κ1) is 20.5. The maximum absolute atomic E-state index is 12.6. The lowest BCUT2D eigenvalue weighted by Crippen LogP contribution is -2.39. The number of ether oxygens (including phenoxy) is 2. The molecule has 1 aromatic carbocycles. The summed E-state index contributed by atoms with van der Waals surface area (Å²) < 4.78 is 9.43. The Morgan fingerprint density at radius 3 is 2.45 bits per heavy atom. The van der Waals surface area contributed by atoms with E-state index in [0.29, 0.717) is 11.6 Å². The number of carbonyl (C=O) groups excluding carboxylic acids is 3. The van der Waals surface area contributed by atoms with Crippen LogP contribution in [0.2, 0.25) is 0 Å². The van der Waals surface area contributed by atoms with Crippen LogP contribution in [0.4, 0.5) is 5.69 Å². The molecule has 0 radical (unpaired) electrons. The molecule has 1 fully saturated rings. The van der Waals surface area contributed by atoms with Crippen molar-refractivity contribution in [3.05, 3.63) is 47.3 Å². The Hall–Kier alpha value is -3.20. The Balaban J connectivity index is 1.68. The summed E-state index contributed by atoms with van der Waals surface area (Å²) in [6, 6.07) is 6.27. The quantitative estimate of drug-likeness (QED) is 0.711. The normalized spacial score (nSPS) is 16.8. The molecule has 0 spiro atoms. The number of aromatic nitrogens is 2. The second kappa shape index (κ2) is 9.33. The van der Waals surface area contributed by atoms with Crippen LogP contribution in [0.1, 0.15) is 45.2 Å². The topological polar surface area (TPSA) is 114 Å². The van der Waals surface area contributed by atoms with E-state index in [4.69, 9.17) is 9.47 Å². The van der Waals surface area contributed by atoms with Crippen molar-refractivity contribution >= 4 is 23.5 Å². The molecule has 0 bridgehead atoms. The highest BCUT2D eigenvalue weighted by molar-refractivity contribution is 5.99. The molecular formula is C20H24N4O5. The summed E-state index contributed by atoms with van der Waals surface area (Å²) in [6.45, 7) is 1.79. The largest absolute Gasteiger partial charge is 0.465 e. The Bertz CT molecular complexity index is 847. The lowest BCUT2D eigenvalue weighted by molar-refractivity contribution is -0.117. The number of nitrogens with zero attached hydrogens (tertiary/aromatic N) is 2. The fourth-order valence-electron chi connectivity index (χ4n) is 3.52. The number of anilines is 1. The van der Waals surface area contributed by atoms with E-state index in [1.807, 2.05) is 6.07 Å². The van der Waals surface area contributed by atoms with Gasteiger partial charge in [0.2, 0.25) is 5.91 Å². The smallest absolute Gasteiger partial charge is 0.337 e. The summed E-state index contributed by atoms with van der Waals surface area (Å²) in [7, 11) is 2.50. The van der Waals surface area contributed by atoms with Gasteiger partial charge in [-0.3, -0.25) is 14.8 Å². The summed E-state index contributed by atoms with van der Waals surface area (Å²) in [5.41, 5.74) is 1.72. The number of amides is 1. The molecule has 2 aromatic rings. The molecule has 1 unspecified atom stereocenters. The van der Waals surface area contributed by atoms with Crippen LogP contribution in [0.25, 0.3) is 0 Å². The number of benzene rings is 1. The van der Waals surface area contributed by atoms with Crippen molar-refractivity contribution in [3.63, 3.8) is 0 Å². The minimum absolute atomic E-state index is 0.156. The van der Waals surface area contributed by atoms with E-state index in [0.717, 1.165) is 31.6 Å². The number of hydrogen-bond donors (Lipinski definition) is 2. The molecule has 2 N–H and O–H groups in total. The number of methoxy groups -OCH3 is 2. The third-order valence-electron chi connectivity index (χ3n) is 4.89. The molecule has 9 heteroatoms. The van der Waals surface area contributed by atoms with Crippen LogP contribution < -0.4 is 5.32 Å². The molecule has 2 heterocycles. The number of H-pyrrole nitrogens is 1. The van der Waals surface area contributed by atoms with Crippen molar-refractivity contribution in [2.75, 3.05) is 39.2 Å². The van der Waals surface area contributed by atoms with Crippen molar-refractivity contribution in [1.29, 1.82) is 0 Å². The van der Waals surface area contributed by atoms with Crippen LogP contribution >= 0.6 is 0 Å². The Kier molecular flexibility index (Phi) is 6.61. The molecule has 29 heavy (non-hydrogen) atoms. The average Bonchev–Trinajstić information content (AvgIpc) is 3.27. The van der Waals surface area contributed by atoms with Crippen molar-refractivity contribution < 1.29 is 23.9 Å². The Morgan fingerprint density at radius 1 is 1.17 bits per heavy atom. The second-order valence-corrected chi connectivity index (χ2v) is 6.92. The first-order valence-electron chi connectivity index (χ1n) is 9.33. The zero-order valence-corrected chi connectivity index (χ0v) is 16.4. The number of piperidine rings is 1. The molecule has 1 amide bonds. The van der Waals surface area contributed by atoms with E-state index in [1.165, 1.54) is 32.4 Å². The van der Waals surface area contributed by atoms with Gasteiger partial charge in [-0.15, -0.1) is 0 Å². The fourth-order valence-corrected chi connectivity index (χ4v) is 3.52. The van der Waals surface area contributed by atoms with Crippen LogP contribution in [-0.2, 0) is 14.3 Å². The molecule has 1 aromatic heterocycles. The van der Waals surface area contributed by atoms with Gasteiger partial charge in [-0.05, 0) is 43.7 Å². The molecule has 154 valence electrons. The van der Waals surface area contributed by atoms with Gasteiger partial charge in [-0.1, -0.05) is 0 Å². The zero-order chi connectivity index (χ0) is 20.8. The number of rotatable bonds is 6. The Labute approximate surface area is 168 Å². The van der Waals surface area contributed by atoms with E-state index < -0.39 is 11.9 Å². The summed E-state index contributed by atoms with van der Waals surface area (Å²) in [5, 5.41) is 9.76. The molecule has 3 rings (SSSR count). The minimum atomic E-state index is -0.607. The minimum Gasteiger partial charge on any atom is -0.465 e. The lowest BCUT2D eigenvalue weighted by atomic mass is 9.95. The van der Waals surface area contributed by atoms with Crippen molar-refractivity contribution in [2.24, 2.45) is 0 Å². The van der Waals surface area contributed by atoms with Crippen LogP contribution in [0, 0.1) is 0 Å². The number of esters is 2. The third kappa shape index (κ3) is 5.20. The van der Waals surface area contributed by atoms with Gasteiger partial charge in [0.05, 0.1) is 31.9 Å². The standard InChI is InChI=1S/C20H24N4O5/c1-28-19(26)14-8-15(20(27)29-2)10-16(9-14)22-18(25)12-24-7-3-4-13(11-24)17-5-6-21-23-17/h5-6,8-10,13H,3-4,7,11-12H2,1-2H3,(H,21,23)(H,22,25). The molecule has 1 aliphatic heterocycles. The van der Waals surface area contributed by atoms with Gasteiger partial charge < -0.3 is 14.8 Å². The number of aromatic amines is 1. The summed E-state index contributed by atoms with van der Waals surface area (Å²) >= 11 is 0. The van der Waals surface area contributed by atoms with Gasteiger partial charge in [0.15, 0.2) is 0 Å². The van der Waals surface area contributed by atoms with E-state index in [9.17, 15) is 14.4 Å². The van der Waals surface area contributed by atoms with E-state index in [1.54, 1.807) is 6.20 Å². The first-order valence-corrected chi connectivity index (χ1v) is 9.33. The SMILES string of the molecule is COC(=O)c1cc(NC(=O)CN2CCCC(c3ccn[nH]3)C2)cc(C(=O)OC)c1. The summed E-state index contributed by atoms with van der Waals surface area (Å²) in [5.74, 6) is -1.13. The highest BCUT2D eigenvalue weighted by atomic mass is 16.5. The van der Waals surface area contributed by atoms with Crippen LogP contribution in [-0.4, -0.2) is 66.8 Å². The fraction of sp³-hybridized carbons (Fsp3) is 0.400. The van der Waals surface area contributed by atoms with Gasteiger partial charge in [0.1, 0.15) is 0 Å². The van der Waals surface area contributed by atoms with Crippen LogP contribution in [0.15, 0.2) is 30.5 Å². The second-order valence-electron chi connectivity index (χ2n) is 6.92. The van der Waals surface area contributed by atoms with E-state index in [-0.39, 0.29) is 23.6 Å². The van der Waals surface area contributed by atoms with Crippen LogP contribution in [0.5, 0.6) is 0 Å². The van der Waals surface area contributed by atoms with Gasteiger partial charge in [0, 0.05) is 30.0 Å². The predicted molar refractivity (Wildman–Crippen MR) is 105 cm³/mol. The third-order valence-corrected chi connectivity index (χ3v) is 4.89. The average molecular weight is 400 g/mol. The number of nitrogens with one attached hydrogen (secondary N) is 2. The highest BCUT2D eigenvalue weighted by Gasteiger charge is 2.24. The van der Waals surface area contributed by atoms with Crippen LogP contribution in [0.3, 0.4) is 0 Å². The first-order chi connectivity index (χ1) is 14.0. The zero-order valence-electron chi connectivity index (χ0n) is 16.4. The van der Waals surface area contributed by atoms with Crippen molar-refractivity contribution in [2.45, 2.75) is 18.8 Å². The number of hydrogen-bond acceptors (Lipinski definition) is 7. The highest BCUT2D eigenvalue weighted by Crippen LogP contribution is 2.25. The molecule has 0 saturated carbocycles. The predicted octanol–water partition coefficient (Wildman–Crippen LogP) is 1.80. The van der Waals surface area contributed by atoms with E-state index >= 15 is 0 Å². The number of carbonyl (C=O) groups is 3. The van der Waals surface area contributed by atoms with Gasteiger partial charge in [-0.25, -0.2) is 9.59 Å². The van der Waals surface area contributed by atoms with E-state index in [2.05, 4.69) is 20.4 Å². The molecule has 1 saturated heterocycles. The molecular weight excluding hydrogens is 376 g/mol. The Morgan fingerprint density at radius 2 is 1.86 bits per heavy atom. The molecule has 0 aliphatic carbocycles. The molecule has 1 atom stereocenters. The van der Waals surface area contributed by atoms with Gasteiger partial charge in [0.25, 0.3) is 0 Å². The molecule has 1 aliphatic rings. The lowest BCUT2D eigenvalue weighted by Gasteiger charge is -2.31. The van der Waals surface area contributed by atoms with Crippen molar-refractivity contribution in [1.82, 2.24) is 15.1 Å². The van der Waals surface area contributed by atoms with Gasteiger partial charge >= 0.3 is 11.9 Å². The molecule has 9 nitrogen and oxygen atoms in total. The number of likely N-dealkylation sites (tertiary alicyclic amines) is 1. The maximum atomic E-state index is 12.6. The monoisotopic (exact) mass is 400 g/mol.